The molecule has 2 rings (SSSR count). The van der Waals surface area contributed by atoms with Crippen molar-refractivity contribution in [3.63, 3.8) is 0 Å². The van der Waals surface area contributed by atoms with Crippen LogP contribution < -0.4 is 4.74 Å². The van der Waals surface area contributed by atoms with Gasteiger partial charge in [-0.2, -0.15) is 0 Å². The van der Waals surface area contributed by atoms with Crippen molar-refractivity contribution in [3.8, 4) is 5.75 Å². The van der Waals surface area contributed by atoms with E-state index in [2.05, 4.69) is 10.3 Å². The summed E-state index contributed by atoms with van der Waals surface area (Å²) in [5, 5.41) is 4.42. The van der Waals surface area contributed by atoms with Crippen molar-refractivity contribution in [2.24, 2.45) is 4.99 Å². The van der Waals surface area contributed by atoms with Crippen molar-refractivity contribution < 1.29 is 21.2 Å². The first-order valence-electron chi connectivity index (χ1n) is 5.24. The second-order valence-corrected chi connectivity index (χ2v) is 3.57. The van der Waals surface area contributed by atoms with Gasteiger partial charge in [-0.15, -0.1) is 6.54 Å². The van der Waals surface area contributed by atoms with E-state index in [1.165, 1.54) is 6.42 Å². The van der Waals surface area contributed by atoms with E-state index in [1.54, 1.807) is 7.11 Å². The average molecular weight is 277 g/mol. The van der Waals surface area contributed by atoms with Crippen LogP contribution in [0.1, 0.15) is 12.8 Å². The van der Waals surface area contributed by atoms with Crippen LogP contribution in [0, 0.1) is 7.43 Å². The summed E-state index contributed by atoms with van der Waals surface area (Å²) in [4.78, 5) is 4.42. The molecule has 0 aromatic heterocycles. The normalized spacial score (nSPS) is 18.5. The molecule has 4 heteroatoms. The molecule has 96 valence electrons. The number of rotatable bonds is 3. The largest absolute Gasteiger partial charge is 2.00 e. The Morgan fingerprint density at radius 3 is 2.82 bits per heavy atom. The molecule has 3 nitrogen and oxygen atoms in total. The smallest absolute Gasteiger partial charge is 0.655 e. The minimum absolute atomic E-state index is 0. The van der Waals surface area contributed by atoms with Gasteiger partial charge in [0, 0.05) is 0 Å². The molecular formula is C13H18N2NiO. The summed E-state index contributed by atoms with van der Waals surface area (Å²) in [6.45, 7) is 0.975. The Kier molecular flexibility index (Phi) is 7.85. The first-order valence-corrected chi connectivity index (χ1v) is 5.24. The maximum Gasteiger partial charge on any atom is 2.00 e. The van der Waals surface area contributed by atoms with Crippen LogP contribution in [-0.2, 0) is 16.5 Å². The van der Waals surface area contributed by atoms with Crippen LogP contribution in [0.5, 0.6) is 5.75 Å². The van der Waals surface area contributed by atoms with Crippen molar-refractivity contribution in [3.05, 3.63) is 37.0 Å². The third-order valence-corrected chi connectivity index (χ3v) is 2.49. The molecule has 0 saturated carbocycles. The number of para-hydroxylation sites is 2. The molecule has 0 N–H and O–H groups in total. The molecule has 0 amide bonds. The molecule has 0 spiro atoms. The van der Waals surface area contributed by atoms with Gasteiger partial charge in [0.2, 0.25) is 0 Å². The molecule has 1 unspecified atom stereocenters. The Labute approximate surface area is 114 Å². The summed E-state index contributed by atoms with van der Waals surface area (Å²) in [5.74, 6) is 0.812. The number of hydrogen-bond donors (Lipinski definition) is 0. The molecule has 1 aromatic carbocycles. The zero-order valence-corrected chi connectivity index (χ0v) is 11.2. The molecule has 1 heterocycles. The van der Waals surface area contributed by atoms with E-state index in [0.29, 0.717) is 6.04 Å². The van der Waals surface area contributed by atoms with Gasteiger partial charge in [-0.05, 0) is 18.3 Å². The minimum Gasteiger partial charge on any atom is -0.655 e. The predicted octanol–water partition coefficient (Wildman–Crippen LogP) is 3.38. The first-order chi connectivity index (χ1) is 7.40. The van der Waals surface area contributed by atoms with Crippen LogP contribution in [0.15, 0.2) is 29.3 Å². The van der Waals surface area contributed by atoms with E-state index < -0.39 is 0 Å². The molecule has 1 fully saturated rings. The number of benzene rings is 1. The zero-order valence-electron chi connectivity index (χ0n) is 10.2. The second-order valence-electron chi connectivity index (χ2n) is 3.57. The van der Waals surface area contributed by atoms with Gasteiger partial charge in [0.15, 0.2) is 0 Å². The van der Waals surface area contributed by atoms with Crippen molar-refractivity contribution >= 4 is 11.9 Å². The third-order valence-electron chi connectivity index (χ3n) is 2.49. The van der Waals surface area contributed by atoms with Crippen LogP contribution in [0.3, 0.4) is 0 Å². The minimum atomic E-state index is 0. The van der Waals surface area contributed by atoms with Gasteiger partial charge in [-0.3, -0.25) is 4.99 Å². The monoisotopic (exact) mass is 276 g/mol. The standard InChI is InChI=1S/C12H15N2O.CH3.Ni/c1-15-12-7-3-2-6-11(12)14-9-10-5-4-8-13-10;;/h2-3,6-7,9-10H,4-5,8H2,1H3;1H3;/q2*-1;+2. The fraction of sp³-hybridized carbons (Fsp3) is 0.385. The van der Waals surface area contributed by atoms with Gasteiger partial charge in [0.1, 0.15) is 11.4 Å². The third kappa shape index (κ3) is 4.49. The maximum absolute atomic E-state index is 5.22. The first kappa shape index (κ1) is 16.1. The summed E-state index contributed by atoms with van der Waals surface area (Å²) in [7, 11) is 1.66. The van der Waals surface area contributed by atoms with Crippen molar-refractivity contribution in [2.45, 2.75) is 18.9 Å². The van der Waals surface area contributed by atoms with Gasteiger partial charge >= 0.3 is 16.5 Å². The summed E-state index contributed by atoms with van der Waals surface area (Å²) < 4.78 is 5.22. The van der Waals surface area contributed by atoms with Crippen LogP contribution in [0.2, 0.25) is 0 Å². The van der Waals surface area contributed by atoms with Crippen LogP contribution in [0.25, 0.3) is 5.32 Å². The van der Waals surface area contributed by atoms with Gasteiger partial charge in [0.05, 0.1) is 7.11 Å². The molecule has 0 aliphatic carbocycles. The summed E-state index contributed by atoms with van der Waals surface area (Å²) in [6, 6.07) is 8.07. The van der Waals surface area contributed by atoms with Crippen molar-refractivity contribution in [1.82, 2.24) is 0 Å². The average Bonchev–Trinajstić information content (AvgIpc) is 2.79. The fourth-order valence-corrected chi connectivity index (χ4v) is 1.67. The molecule has 0 radical (unpaired) electrons. The molecular weight excluding hydrogens is 259 g/mol. The molecule has 1 saturated heterocycles. The Morgan fingerprint density at radius 1 is 1.41 bits per heavy atom. The topological polar surface area (TPSA) is 35.7 Å². The molecule has 1 aromatic rings. The van der Waals surface area contributed by atoms with E-state index in [0.717, 1.165) is 24.4 Å². The van der Waals surface area contributed by atoms with E-state index in [-0.39, 0.29) is 23.9 Å². The number of aliphatic imine (C=N–C) groups is 1. The van der Waals surface area contributed by atoms with Crippen molar-refractivity contribution in [1.29, 1.82) is 0 Å². The number of methoxy groups -OCH3 is 1. The molecule has 17 heavy (non-hydrogen) atoms. The Balaban J connectivity index is 0.00000128. The Morgan fingerprint density at radius 2 is 2.18 bits per heavy atom. The second kappa shape index (κ2) is 8.27. The van der Waals surface area contributed by atoms with E-state index >= 15 is 0 Å². The number of nitrogens with zero attached hydrogens (tertiary/aromatic N) is 2. The number of hydrogen-bond acceptors (Lipinski definition) is 2. The van der Waals surface area contributed by atoms with Crippen LogP contribution >= 0.6 is 0 Å². The van der Waals surface area contributed by atoms with E-state index in [9.17, 15) is 0 Å². The van der Waals surface area contributed by atoms with Crippen molar-refractivity contribution in [2.75, 3.05) is 13.7 Å². The fourth-order valence-electron chi connectivity index (χ4n) is 1.67. The van der Waals surface area contributed by atoms with Crippen LogP contribution in [-0.4, -0.2) is 25.9 Å². The molecule has 1 aliphatic heterocycles. The Bertz CT molecular complexity index is 349. The predicted molar refractivity (Wildman–Crippen MR) is 68.8 cm³/mol. The van der Waals surface area contributed by atoms with Gasteiger partial charge in [0.25, 0.3) is 0 Å². The molecule has 0 bridgehead atoms. The zero-order chi connectivity index (χ0) is 10.5. The molecule has 1 atom stereocenters. The Hall–Kier alpha value is -0.856. The maximum atomic E-state index is 5.22. The van der Waals surface area contributed by atoms with Crippen LogP contribution in [0.4, 0.5) is 5.69 Å². The quantitative estimate of drug-likeness (QED) is 0.474. The van der Waals surface area contributed by atoms with Gasteiger partial charge < -0.3 is 17.5 Å². The SMILES string of the molecule is COc1ccccc1N=CC1CCC[N-]1.[CH3-].[Ni+2]. The summed E-state index contributed by atoms with van der Waals surface area (Å²) in [5.41, 5.74) is 0.877. The summed E-state index contributed by atoms with van der Waals surface area (Å²) >= 11 is 0. The summed E-state index contributed by atoms with van der Waals surface area (Å²) in [6.07, 6.45) is 4.23. The van der Waals surface area contributed by atoms with Gasteiger partial charge in [-0.1, -0.05) is 31.0 Å². The molecule has 1 aliphatic rings. The van der Waals surface area contributed by atoms with E-state index in [4.69, 9.17) is 4.74 Å². The van der Waals surface area contributed by atoms with E-state index in [1.807, 2.05) is 30.5 Å². The van der Waals surface area contributed by atoms with Gasteiger partial charge in [-0.25, -0.2) is 0 Å². The number of ether oxygens (including phenoxy) is 1.